The molecule has 0 fully saturated rings. The number of hydrogen-bond donors (Lipinski definition) is 3. The first-order valence-corrected chi connectivity index (χ1v) is 7.32. The maximum absolute atomic E-state index is 11.5. The number of aliphatic imine (C=N–C) groups is 1. The van der Waals surface area contributed by atoms with Crippen molar-refractivity contribution in [1.29, 1.82) is 0 Å². The lowest BCUT2D eigenvalue weighted by atomic mass is 10.1. The lowest BCUT2D eigenvalue weighted by Gasteiger charge is -2.13. The first-order valence-electron chi connectivity index (χ1n) is 7.32. The van der Waals surface area contributed by atoms with Gasteiger partial charge in [0.05, 0.1) is 0 Å². The second-order valence-corrected chi connectivity index (χ2v) is 5.31. The highest BCUT2D eigenvalue weighted by Crippen LogP contribution is 2.04. The first kappa shape index (κ1) is 17.0. The van der Waals surface area contributed by atoms with E-state index in [-0.39, 0.29) is 5.91 Å². The van der Waals surface area contributed by atoms with Crippen molar-refractivity contribution in [2.75, 3.05) is 20.6 Å². The van der Waals surface area contributed by atoms with Gasteiger partial charge in [0.2, 0.25) is 0 Å². The SMILES string of the molecule is CN=C(NCCC(C)C)NCc1ccc(C(=O)NC)cc1. The molecular formula is C16H26N4O. The number of carbonyl (C=O) groups is 1. The normalized spacial score (nSPS) is 11.4. The van der Waals surface area contributed by atoms with Gasteiger partial charge < -0.3 is 16.0 Å². The maximum atomic E-state index is 11.5. The molecule has 5 heteroatoms. The van der Waals surface area contributed by atoms with Crippen LogP contribution >= 0.6 is 0 Å². The van der Waals surface area contributed by atoms with Gasteiger partial charge in [0, 0.05) is 32.7 Å². The lowest BCUT2D eigenvalue weighted by molar-refractivity contribution is 0.0963. The Morgan fingerprint density at radius 3 is 2.38 bits per heavy atom. The molecule has 5 nitrogen and oxygen atoms in total. The van der Waals surface area contributed by atoms with E-state index in [1.165, 1.54) is 0 Å². The van der Waals surface area contributed by atoms with Crippen molar-refractivity contribution < 1.29 is 4.79 Å². The van der Waals surface area contributed by atoms with Crippen molar-refractivity contribution in [2.24, 2.45) is 10.9 Å². The third-order valence-corrected chi connectivity index (χ3v) is 3.14. The van der Waals surface area contributed by atoms with Gasteiger partial charge in [-0.1, -0.05) is 26.0 Å². The molecule has 1 rings (SSSR count). The summed E-state index contributed by atoms with van der Waals surface area (Å²) >= 11 is 0. The molecule has 116 valence electrons. The summed E-state index contributed by atoms with van der Waals surface area (Å²) < 4.78 is 0. The average Bonchev–Trinajstić information content (AvgIpc) is 2.50. The zero-order valence-corrected chi connectivity index (χ0v) is 13.4. The molecule has 0 aliphatic heterocycles. The van der Waals surface area contributed by atoms with Crippen LogP contribution in [0.5, 0.6) is 0 Å². The number of hydrogen-bond acceptors (Lipinski definition) is 2. The second kappa shape index (κ2) is 9.00. The minimum Gasteiger partial charge on any atom is -0.356 e. The standard InChI is InChI=1S/C16H26N4O/c1-12(2)9-10-19-16(18-4)20-11-13-5-7-14(8-6-13)15(21)17-3/h5-8,12H,9-11H2,1-4H3,(H,17,21)(H2,18,19,20). The van der Waals surface area contributed by atoms with Crippen molar-refractivity contribution in [3.05, 3.63) is 35.4 Å². The summed E-state index contributed by atoms with van der Waals surface area (Å²) in [5.74, 6) is 1.40. The van der Waals surface area contributed by atoms with Gasteiger partial charge in [0.1, 0.15) is 0 Å². The Morgan fingerprint density at radius 1 is 1.19 bits per heavy atom. The Hall–Kier alpha value is -2.04. The molecule has 1 amide bonds. The molecular weight excluding hydrogens is 264 g/mol. The summed E-state index contributed by atoms with van der Waals surface area (Å²) in [6, 6.07) is 7.54. The van der Waals surface area contributed by atoms with Crippen molar-refractivity contribution in [3.63, 3.8) is 0 Å². The van der Waals surface area contributed by atoms with Crippen LogP contribution in [0.15, 0.2) is 29.3 Å². The number of guanidine groups is 1. The highest BCUT2D eigenvalue weighted by atomic mass is 16.1. The Balaban J connectivity index is 2.44. The largest absolute Gasteiger partial charge is 0.356 e. The molecule has 0 saturated carbocycles. The van der Waals surface area contributed by atoms with Crippen LogP contribution in [0.1, 0.15) is 36.2 Å². The Morgan fingerprint density at radius 2 is 1.86 bits per heavy atom. The van der Waals surface area contributed by atoms with Gasteiger partial charge in [-0.3, -0.25) is 9.79 Å². The van der Waals surface area contributed by atoms with Gasteiger partial charge in [0.25, 0.3) is 5.91 Å². The van der Waals surface area contributed by atoms with Gasteiger partial charge in [0.15, 0.2) is 5.96 Å². The zero-order chi connectivity index (χ0) is 15.7. The van der Waals surface area contributed by atoms with Crippen LogP contribution < -0.4 is 16.0 Å². The minimum atomic E-state index is -0.0688. The van der Waals surface area contributed by atoms with E-state index >= 15 is 0 Å². The smallest absolute Gasteiger partial charge is 0.251 e. The number of carbonyl (C=O) groups excluding carboxylic acids is 1. The Bertz CT molecular complexity index is 466. The minimum absolute atomic E-state index is 0.0688. The van der Waals surface area contributed by atoms with E-state index in [9.17, 15) is 4.79 Å². The molecule has 21 heavy (non-hydrogen) atoms. The van der Waals surface area contributed by atoms with Crippen LogP contribution in [0, 0.1) is 5.92 Å². The van der Waals surface area contributed by atoms with Crippen molar-refractivity contribution >= 4 is 11.9 Å². The summed E-state index contributed by atoms with van der Waals surface area (Å²) in [6.45, 7) is 5.99. The molecule has 0 radical (unpaired) electrons. The lowest BCUT2D eigenvalue weighted by Crippen LogP contribution is -2.37. The topological polar surface area (TPSA) is 65.5 Å². The van der Waals surface area contributed by atoms with E-state index < -0.39 is 0 Å². The van der Waals surface area contributed by atoms with Crippen LogP contribution in [0.3, 0.4) is 0 Å². The molecule has 0 unspecified atom stereocenters. The summed E-state index contributed by atoms with van der Waals surface area (Å²) in [7, 11) is 3.39. The number of amides is 1. The highest BCUT2D eigenvalue weighted by molar-refractivity contribution is 5.93. The molecule has 0 bridgehead atoms. The van der Waals surface area contributed by atoms with Crippen molar-refractivity contribution in [3.8, 4) is 0 Å². The molecule has 1 aromatic carbocycles. The van der Waals surface area contributed by atoms with Gasteiger partial charge in [-0.15, -0.1) is 0 Å². The van der Waals surface area contributed by atoms with E-state index in [4.69, 9.17) is 0 Å². The first-order chi connectivity index (χ1) is 10.1. The molecule has 0 saturated heterocycles. The van der Waals surface area contributed by atoms with Gasteiger partial charge in [-0.05, 0) is 30.0 Å². The fraction of sp³-hybridized carbons (Fsp3) is 0.500. The van der Waals surface area contributed by atoms with Crippen LogP contribution in [0.2, 0.25) is 0 Å². The van der Waals surface area contributed by atoms with E-state index in [1.807, 2.05) is 24.3 Å². The van der Waals surface area contributed by atoms with Crippen LogP contribution in [0.4, 0.5) is 0 Å². The summed E-state index contributed by atoms with van der Waals surface area (Å²) in [5.41, 5.74) is 1.77. The van der Waals surface area contributed by atoms with Crippen LogP contribution in [-0.4, -0.2) is 32.5 Å². The number of benzene rings is 1. The summed E-state index contributed by atoms with van der Waals surface area (Å²) in [6.07, 6.45) is 1.11. The van der Waals surface area contributed by atoms with Crippen molar-refractivity contribution in [1.82, 2.24) is 16.0 Å². The Labute approximate surface area is 127 Å². The molecule has 0 aliphatic carbocycles. The average molecular weight is 290 g/mol. The fourth-order valence-electron chi connectivity index (χ4n) is 1.80. The van der Waals surface area contributed by atoms with Crippen molar-refractivity contribution in [2.45, 2.75) is 26.8 Å². The third-order valence-electron chi connectivity index (χ3n) is 3.14. The van der Waals surface area contributed by atoms with E-state index in [0.717, 1.165) is 24.5 Å². The molecule has 1 aromatic rings. The van der Waals surface area contributed by atoms with Gasteiger partial charge in [-0.25, -0.2) is 0 Å². The maximum Gasteiger partial charge on any atom is 0.251 e. The van der Waals surface area contributed by atoms with E-state index in [1.54, 1.807) is 14.1 Å². The number of nitrogens with one attached hydrogen (secondary N) is 3. The predicted molar refractivity (Wildman–Crippen MR) is 87.5 cm³/mol. The number of rotatable bonds is 6. The summed E-state index contributed by atoms with van der Waals surface area (Å²) in [4.78, 5) is 15.6. The molecule has 0 aliphatic rings. The molecule has 0 atom stereocenters. The Kier molecular flexibility index (Phi) is 7.29. The number of nitrogens with zero attached hydrogens (tertiary/aromatic N) is 1. The van der Waals surface area contributed by atoms with E-state index in [0.29, 0.717) is 18.0 Å². The fourth-order valence-corrected chi connectivity index (χ4v) is 1.80. The molecule has 3 N–H and O–H groups in total. The third kappa shape index (κ3) is 6.29. The summed E-state index contributed by atoms with van der Waals surface area (Å²) in [5, 5.41) is 9.15. The van der Waals surface area contributed by atoms with Crippen LogP contribution in [-0.2, 0) is 6.54 Å². The molecule has 0 aromatic heterocycles. The highest BCUT2D eigenvalue weighted by Gasteiger charge is 2.03. The second-order valence-electron chi connectivity index (χ2n) is 5.31. The van der Waals surface area contributed by atoms with Gasteiger partial charge in [-0.2, -0.15) is 0 Å². The van der Waals surface area contributed by atoms with Crippen LogP contribution in [0.25, 0.3) is 0 Å². The zero-order valence-electron chi connectivity index (χ0n) is 13.4. The predicted octanol–water partition coefficient (Wildman–Crippen LogP) is 1.76. The molecule has 0 spiro atoms. The monoisotopic (exact) mass is 290 g/mol. The quantitative estimate of drug-likeness (QED) is 0.552. The molecule has 0 heterocycles. The van der Waals surface area contributed by atoms with E-state index in [2.05, 4.69) is 34.8 Å². The van der Waals surface area contributed by atoms with Gasteiger partial charge >= 0.3 is 0 Å².